The molecule has 2 heterocycles. The maximum atomic E-state index is 13.6. The van der Waals surface area contributed by atoms with Gasteiger partial charge in [0.15, 0.2) is 0 Å². The van der Waals surface area contributed by atoms with Crippen LogP contribution in [0.15, 0.2) is 77.6 Å². The van der Waals surface area contributed by atoms with Crippen LogP contribution in [0.25, 0.3) is 5.69 Å². The van der Waals surface area contributed by atoms with Crippen molar-refractivity contribution < 1.29 is 14.3 Å². The molecule has 10 heteroatoms. The number of hydrogen-bond acceptors (Lipinski definition) is 4. The van der Waals surface area contributed by atoms with Crippen LogP contribution in [-0.2, 0) is 13.1 Å². The van der Waals surface area contributed by atoms with Crippen molar-refractivity contribution in [3.05, 3.63) is 110 Å². The van der Waals surface area contributed by atoms with Gasteiger partial charge in [-0.05, 0) is 54.6 Å². The molecule has 1 N–H and O–H groups in total. The molecule has 0 unspecified atom stereocenters. The summed E-state index contributed by atoms with van der Waals surface area (Å²) in [6.45, 7) is 0.587. The third-order valence-electron chi connectivity index (χ3n) is 6.21. The second-order valence-corrected chi connectivity index (χ2v) is 9.25. The molecule has 2 amide bonds. The third-order valence-corrected chi connectivity index (χ3v) is 6.95. The molecule has 3 aromatic carbocycles. The molecule has 1 aromatic heterocycles. The minimum atomic E-state index is -0.461. The standard InChI is InChI=1S/C27H22Cl2N4O4/c1-37-20-10-8-19(9-11-20)33-24(25(34)30-18-5-3-2-4-6-18)23-16-31(13-14-32(23)27(33)36)26(35)17-7-12-21(28)22(29)15-17/h2-12,15H,13-14,16H2,1H3,(H,30,34). The van der Waals surface area contributed by atoms with Crippen LogP contribution >= 0.6 is 23.2 Å². The summed E-state index contributed by atoms with van der Waals surface area (Å²) in [4.78, 5) is 42.0. The molecule has 0 bridgehead atoms. The van der Waals surface area contributed by atoms with Crippen LogP contribution < -0.4 is 15.7 Å². The molecule has 188 valence electrons. The SMILES string of the molecule is COc1ccc(-n2c(C(=O)Nc3ccccc3)c3n(c2=O)CCN(C(=O)c2ccc(Cl)c(Cl)c2)C3)cc1. The lowest BCUT2D eigenvalue weighted by Gasteiger charge is -2.28. The highest BCUT2D eigenvalue weighted by Crippen LogP contribution is 2.26. The second-order valence-electron chi connectivity index (χ2n) is 8.44. The zero-order valence-electron chi connectivity index (χ0n) is 19.8. The lowest BCUT2D eigenvalue weighted by atomic mass is 10.1. The molecule has 1 aliphatic heterocycles. The van der Waals surface area contributed by atoms with Gasteiger partial charge in [0.2, 0.25) is 0 Å². The Labute approximate surface area is 222 Å². The number of hydrogen-bond donors (Lipinski definition) is 1. The maximum absolute atomic E-state index is 13.6. The van der Waals surface area contributed by atoms with Crippen molar-refractivity contribution in [2.45, 2.75) is 13.1 Å². The van der Waals surface area contributed by atoms with E-state index < -0.39 is 5.91 Å². The summed E-state index contributed by atoms with van der Waals surface area (Å²) in [7, 11) is 1.55. The highest BCUT2D eigenvalue weighted by molar-refractivity contribution is 6.42. The molecule has 0 atom stereocenters. The lowest BCUT2D eigenvalue weighted by molar-refractivity contribution is 0.0707. The summed E-state index contributed by atoms with van der Waals surface area (Å²) in [6.07, 6.45) is 0. The van der Waals surface area contributed by atoms with E-state index in [1.54, 1.807) is 77.2 Å². The van der Waals surface area contributed by atoms with Gasteiger partial charge in [-0.3, -0.25) is 18.7 Å². The fourth-order valence-corrected chi connectivity index (χ4v) is 4.66. The minimum absolute atomic E-state index is 0.0645. The first-order chi connectivity index (χ1) is 17.9. The number of ether oxygens (including phenoxy) is 1. The largest absolute Gasteiger partial charge is 0.497 e. The number of nitrogens with zero attached hydrogens (tertiary/aromatic N) is 3. The van der Waals surface area contributed by atoms with Crippen LogP contribution in [-0.4, -0.2) is 39.5 Å². The average molecular weight is 537 g/mol. The van der Waals surface area contributed by atoms with Crippen molar-refractivity contribution in [3.8, 4) is 11.4 Å². The molecule has 0 saturated heterocycles. The van der Waals surface area contributed by atoms with Crippen LogP contribution in [0.4, 0.5) is 5.69 Å². The first-order valence-electron chi connectivity index (χ1n) is 11.5. The van der Waals surface area contributed by atoms with E-state index in [-0.39, 0.29) is 35.4 Å². The van der Waals surface area contributed by atoms with Gasteiger partial charge in [-0.2, -0.15) is 0 Å². The molecule has 8 nitrogen and oxygen atoms in total. The number of carbonyl (C=O) groups excluding carboxylic acids is 2. The maximum Gasteiger partial charge on any atom is 0.333 e. The summed E-state index contributed by atoms with van der Waals surface area (Å²) < 4.78 is 8.16. The number of amides is 2. The number of anilines is 1. The molecule has 0 aliphatic carbocycles. The fraction of sp³-hybridized carbons (Fsp3) is 0.148. The van der Waals surface area contributed by atoms with E-state index in [9.17, 15) is 14.4 Å². The highest BCUT2D eigenvalue weighted by Gasteiger charge is 2.32. The zero-order chi connectivity index (χ0) is 26.1. The molecule has 0 spiro atoms. The number of benzene rings is 3. The van der Waals surface area contributed by atoms with Gasteiger partial charge >= 0.3 is 5.69 Å². The van der Waals surface area contributed by atoms with Crippen LogP contribution in [0, 0.1) is 0 Å². The van der Waals surface area contributed by atoms with Crippen LogP contribution in [0.5, 0.6) is 5.75 Å². The molecule has 4 aromatic rings. The number of rotatable bonds is 5. The fourth-order valence-electron chi connectivity index (χ4n) is 4.36. The molecule has 5 rings (SSSR count). The van der Waals surface area contributed by atoms with Gasteiger partial charge in [0.05, 0.1) is 35.1 Å². The average Bonchev–Trinajstić information content (AvgIpc) is 3.22. The van der Waals surface area contributed by atoms with Gasteiger partial charge in [0.1, 0.15) is 11.4 Å². The van der Waals surface area contributed by atoms with Crippen molar-refractivity contribution in [1.29, 1.82) is 0 Å². The van der Waals surface area contributed by atoms with E-state index >= 15 is 0 Å². The molecule has 1 aliphatic rings. The first-order valence-corrected chi connectivity index (χ1v) is 12.2. The van der Waals surface area contributed by atoms with E-state index in [0.29, 0.717) is 39.9 Å². The van der Waals surface area contributed by atoms with Crippen molar-refractivity contribution in [3.63, 3.8) is 0 Å². The summed E-state index contributed by atoms with van der Waals surface area (Å²) in [6, 6.07) is 20.5. The predicted octanol–water partition coefficient (Wildman–Crippen LogP) is 4.86. The van der Waals surface area contributed by atoms with Gasteiger partial charge in [-0.25, -0.2) is 4.79 Å². The first kappa shape index (κ1) is 24.7. The number of methoxy groups -OCH3 is 1. The number of halogens is 2. The highest BCUT2D eigenvalue weighted by atomic mass is 35.5. The Kier molecular flexibility index (Phi) is 6.78. The quantitative estimate of drug-likeness (QED) is 0.394. The Morgan fingerprint density at radius 1 is 0.919 bits per heavy atom. The van der Waals surface area contributed by atoms with Gasteiger partial charge in [-0.1, -0.05) is 41.4 Å². The number of carbonyl (C=O) groups is 2. The monoisotopic (exact) mass is 536 g/mol. The Bertz CT molecular complexity index is 1550. The molecule has 37 heavy (non-hydrogen) atoms. The van der Waals surface area contributed by atoms with Gasteiger partial charge in [0, 0.05) is 24.3 Å². The summed E-state index contributed by atoms with van der Waals surface area (Å²) in [5.41, 5.74) is 1.70. The molecule has 0 fully saturated rings. The molecular formula is C27H22Cl2N4O4. The van der Waals surface area contributed by atoms with Gasteiger partial charge in [-0.15, -0.1) is 0 Å². The van der Waals surface area contributed by atoms with Crippen molar-refractivity contribution >= 4 is 40.7 Å². The van der Waals surface area contributed by atoms with E-state index in [1.165, 1.54) is 10.6 Å². The molecule has 0 radical (unpaired) electrons. The van der Waals surface area contributed by atoms with E-state index in [2.05, 4.69) is 5.32 Å². The Morgan fingerprint density at radius 2 is 1.65 bits per heavy atom. The summed E-state index contributed by atoms with van der Waals surface area (Å²) in [5.74, 6) is -0.116. The number of nitrogens with one attached hydrogen (secondary N) is 1. The summed E-state index contributed by atoms with van der Waals surface area (Å²) >= 11 is 12.1. The number of fused-ring (bicyclic) bond motifs is 1. The van der Waals surface area contributed by atoms with Crippen LogP contribution in [0.1, 0.15) is 26.5 Å². The molecular weight excluding hydrogens is 515 g/mol. The second kappa shape index (κ2) is 10.2. The van der Waals surface area contributed by atoms with Crippen molar-refractivity contribution in [2.75, 3.05) is 19.0 Å². The van der Waals surface area contributed by atoms with E-state index in [4.69, 9.17) is 27.9 Å². The smallest absolute Gasteiger partial charge is 0.333 e. The van der Waals surface area contributed by atoms with Crippen LogP contribution in [0.2, 0.25) is 10.0 Å². The predicted molar refractivity (Wildman–Crippen MR) is 142 cm³/mol. The number of imidazole rings is 1. The van der Waals surface area contributed by atoms with Crippen molar-refractivity contribution in [2.24, 2.45) is 0 Å². The Morgan fingerprint density at radius 3 is 2.32 bits per heavy atom. The number of para-hydroxylation sites is 1. The zero-order valence-corrected chi connectivity index (χ0v) is 21.3. The Hall–Kier alpha value is -4.01. The molecule has 0 saturated carbocycles. The van der Waals surface area contributed by atoms with E-state index in [1.807, 2.05) is 6.07 Å². The normalized spacial score (nSPS) is 12.7. The summed E-state index contributed by atoms with van der Waals surface area (Å²) in [5, 5.41) is 3.49. The van der Waals surface area contributed by atoms with Gasteiger partial charge in [0.25, 0.3) is 11.8 Å². The topological polar surface area (TPSA) is 85.6 Å². The third kappa shape index (κ3) is 4.73. The van der Waals surface area contributed by atoms with E-state index in [0.717, 1.165) is 0 Å². The Balaban J connectivity index is 1.58. The van der Waals surface area contributed by atoms with Crippen LogP contribution in [0.3, 0.4) is 0 Å². The lowest BCUT2D eigenvalue weighted by Crippen LogP contribution is -2.41. The van der Waals surface area contributed by atoms with Gasteiger partial charge < -0.3 is 15.0 Å². The minimum Gasteiger partial charge on any atom is -0.497 e. The number of aromatic nitrogens is 2. The van der Waals surface area contributed by atoms with Crippen molar-refractivity contribution in [1.82, 2.24) is 14.0 Å².